The molecule has 0 amide bonds. The minimum atomic E-state index is -1.28. The van der Waals surface area contributed by atoms with Gasteiger partial charge in [-0.1, -0.05) is 13.8 Å². The van der Waals surface area contributed by atoms with Crippen LogP contribution in [-0.4, -0.2) is 28.2 Å². The number of anilines is 1. The van der Waals surface area contributed by atoms with Gasteiger partial charge >= 0.3 is 0 Å². The van der Waals surface area contributed by atoms with E-state index in [4.69, 9.17) is 14.9 Å². The van der Waals surface area contributed by atoms with E-state index in [0.29, 0.717) is 41.7 Å². The highest BCUT2D eigenvalue weighted by Crippen LogP contribution is 2.20. The topological polar surface area (TPSA) is 78.3 Å². The molecule has 0 aliphatic heterocycles. The zero-order chi connectivity index (χ0) is 13.8. The van der Waals surface area contributed by atoms with Crippen molar-refractivity contribution >= 4 is 27.6 Å². The Balaban J connectivity index is 1.97. The highest BCUT2D eigenvalue weighted by Gasteiger charge is 2.12. The van der Waals surface area contributed by atoms with Gasteiger partial charge < -0.3 is 14.9 Å². The molecule has 104 valence electrons. The first-order valence-corrected chi connectivity index (χ1v) is 7.50. The van der Waals surface area contributed by atoms with Crippen LogP contribution in [0.4, 0.5) is 5.69 Å². The number of aromatic nitrogens is 1. The van der Waals surface area contributed by atoms with Crippen LogP contribution >= 0.6 is 0 Å². The minimum Gasteiger partial charge on any atom is -0.430 e. The average molecular weight is 282 g/mol. The van der Waals surface area contributed by atoms with Crippen LogP contribution < -0.4 is 5.73 Å². The zero-order valence-electron chi connectivity index (χ0n) is 11.1. The molecule has 1 atom stereocenters. The van der Waals surface area contributed by atoms with Crippen LogP contribution in [0.25, 0.3) is 11.1 Å². The molecule has 0 spiro atoms. The average Bonchev–Trinajstić information content (AvgIpc) is 2.77. The van der Waals surface area contributed by atoms with Crippen LogP contribution in [0.15, 0.2) is 27.8 Å². The van der Waals surface area contributed by atoms with Crippen LogP contribution in [0.1, 0.15) is 13.8 Å². The first kappa shape index (κ1) is 14.0. The van der Waals surface area contributed by atoms with E-state index in [1.165, 1.54) is 0 Å². The lowest BCUT2D eigenvalue weighted by Gasteiger charge is -2.05. The molecule has 0 saturated heterocycles. The third-order valence-corrected chi connectivity index (χ3v) is 3.55. The molecule has 1 heterocycles. The molecule has 1 aromatic heterocycles. The van der Waals surface area contributed by atoms with E-state index >= 15 is 0 Å². The van der Waals surface area contributed by atoms with Crippen molar-refractivity contribution in [1.29, 1.82) is 0 Å². The van der Waals surface area contributed by atoms with Gasteiger partial charge in [0.25, 0.3) is 5.22 Å². The largest absolute Gasteiger partial charge is 0.430 e. The third kappa shape index (κ3) is 3.78. The van der Waals surface area contributed by atoms with E-state index < -0.39 is 10.8 Å². The molecule has 2 aromatic rings. The maximum Gasteiger partial charge on any atom is 0.288 e. The van der Waals surface area contributed by atoms with Gasteiger partial charge in [0.05, 0.1) is 12.4 Å². The van der Waals surface area contributed by atoms with Crippen molar-refractivity contribution < 1.29 is 13.4 Å². The number of hydrogen-bond donors (Lipinski definition) is 1. The van der Waals surface area contributed by atoms with Gasteiger partial charge in [0.2, 0.25) is 0 Å². The Morgan fingerprint density at radius 1 is 1.47 bits per heavy atom. The Bertz CT molecular complexity index is 580. The zero-order valence-corrected chi connectivity index (χ0v) is 11.9. The lowest BCUT2D eigenvalue weighted by molar-refractivity contribution is 0.123. The maximum atomic E-state index is 12.0. The highest BCUT2D eigenvalue weighted by molar-refractivity contribution is 7.84. The van der Waals surface area contributed by atoms with Gasteiger partial charge in [-0.2, -0.15) is 0 Å². The number of ether oxygens (including phenoxy) is 1. The number of oxazole rings is 1. The molecule has 2 N–H and O–H groups in total. The standard InChI is InChI=1S/C13H18N2O3S/c1-9(2)8-17-5-6-19(16)13-15-11-7-10(14)3-4-12(11)18-13/h3-4,7,9H,5-6,8,14H2,1-2H3. The summed E-state index contributed by atoms with van der Waals surface area (Å²) in [6.45, 7) is 5.25. The fourth-order valence-corrected chi connectivity index (χ4v) is 2.39. The van der Waals surface area contributed by atoms with Crippen molar-refractivity contribution in [3.8, 4) is 0 Å². The van der Waals surface area contributed by atoms with E-state index in [1.807, 2.05) is 0 Å². The number of benzene rings is 1. The molecule has 19 heavy (non-hydrogen) atoms. The molecule has 0 aliphatic rings. The highest BCUT2D eigenvalue weighted by atomic mass is 32.2. The van der Waals surface area contributed by atoms with Crippen LogP contribution in [0.5, 0.6) is 0 Å². The molecular formula is C13H18N2O3S. The number of nitrogens with zero attached hydrogens (tertiary/aromatic N) is 1. The monoisotopic (exact) mass is 282 g/mol. The van der Waals surface area contributed by atoms with E-state index in [9.17, 15) is 4.21 Å². The second-order valence-corrected chi connectivity index (χ2v) is 6.17. The molecule has 6 heteroatoms. The molecule has 5 nitrogen and oxygen atoms in total. The number of fused-ring (bicyclic) bond motifs is 1. The molecule has 2 rings (SSSR count). The summed E-state index contributed by atoms with van der Waals surface area (Å²) >= 11 is 0. The fraction of sp³-hybridized carbons (Fsp3) is 0.462. The number of hydrogen-bond acceptors (Lipinski definition) is 5. The lowest BCUT2D eigenvalue weighted by atomic mass is 10.2. The molecule has 0 aliphatic carbocycles. The fourth-order valence-electron chi connectivity index (χ4n) is 1.56. The van der Waals surface area contributed by atoms with Crippen molar-refractivity contribution in [1.82, 2.24) is 4.98 Å². The summed E-state index contributed by atoms with van der Waals surface area (Å²) in [6.07, 6.45) is 0. The molecular weight excluding hydrogens is 264 g/mol. The smallest absolute Gasteiger partial charge is 0.288 e. The normalized spacial score (nSPS) is 13.2. The van der Waals surface area contributed by atoms with Gasteiger partial charge in [0.1, 0.15) is 16.3 Å². The predicted octanol–water partition coefficient (Wildman–Crippen LogP) is 2.19. The summed E-state index contributed by atoms with van der Waals surface area (Å²) in [7, 11) is -1.28. The first-order valence-electron chi connectivity index (χ1n) is 6.18. The Hall–Kier alpha value is -1.40. The molecule has 0 saturated carbocycles. The van der Waals surface area contributed by atoms with Crippen LogP contribution in [0, 0.1) is 5.92 Å². The Morgan fingerprint density at radius 2 is 2.26 bits per heavy atom. The van der Waals surface area contributed by atoms with Crippen molar-refractivity contribution in [3.63, 3.8) is 0 Å². The Labute approximate surface area is 114 Å². The van der Waals surface area contributed by atoms with E-state index in [1.54, 1.807) is 18.2 Å². The Morgan fingerprint density at radius 3 is 3.00 bits per heavy atom. The molecule has 0 radical (unpaired) electrons. The van der Waals surface area contributed by atoms with Crippen LogP contribution in [0.2, 0.25) is 0 Å². The molecule has 0 fully saturated rings. The Kier molecular flexibility index (Phi) is 4.55. The third-order valence-electron chi connectivity index (χ3n) is 2.45. The van der Waals surface area contributed by atoms with Gasteiger partial charge in [0, 0.05) is 12.3 Å². The first-order chi connectivity index (χ1) is 9.06. The van der Waals surface area contributed by atoms with Crippen molar-refractivity contribution in [2.24, 2.45) is 5.92 Å². The second kappa shape index (κ2) is 6.16. The predicted molar refractivity (Wildman–Crippen MR) is 75.4 cm³/mol. The molecule has 1 unspecified atom stereocenters. The van der Waals surface area contributed by atoms with Gasteiger partial charge in [-0.25, -0.2) is 9.19 Å². The quantitative estimate of drug-likeness (QED) is 0.649. The van der Waals surface area contributed by atoms with Crippen molar-refractivity contribution in [2.45, 2.75) is 19.1 Å². The summed E-state index contributed by atoms with van der Waals surface area (Å²) in [5.74, 6) is 0.857. The summed E-state index contributed by atoms with van der Waals surface area (Å²) in [5.41, 5.74) is 7.50. The van der Waals surface area contributed by atoms with E-state index in [2.05, 4.69) is 18.8 Å². The van der Waals surface area contributed by atoms with Gasteiger partial charge in [-0.3, -0.25) is 0 Å². The van der Waals surface area contributed by atoms with Crippen molar-refractivity contribution in [2.75, 3.05) is 24.7 Å². The molecule has 1 aromatic carbocycles. The SMILES string of the molecule is CC(C)COCCS(=O)c1nc2cc(N)ccc2o1. The van der Waals surface area contributed by atoms with Crippen molar-refractivity contribution in [3.05, 3.63) is 18.2 Å². The summed E-state index contributed by atoms with van der Waals surface area (Å²) in [5, 5.41) is 0.230. The number of nitrogens with two attached hydrogens (primary N) is 1. The summed E-state index contributed by atoms with van der Waals surface area (Å²) in [6, 6.07) is 5.16. The van der Waals surface area contributed by atoms with Crippen LogP contribution in [-0.2, 0) is 15.5 Å². The van der Waals surface area contributed by atoms with Gasteiger partial charge in [-0.05, 0) is 24.1 Å². The van der Waals surface area contributed by atoms with E-state index in [-0.39, 0.29) is 5.22 Å². The van der Waals surface area contributed by atoms with Gasteiger partial charge in [0.15, 0.2) is 5.58 Å². The lowest BCUT2D eigenvalue weighted by Crippen LogP contribution is -2.10. The van der Waals surface area contributed by atoms with Crippen LogP contribution in [0.3, 0.4) is 0 Å². The summed E-state index contributed by atoms with van der Waals surface area (Å²) < 4.78 is 22.8. The number of nitrogen functional groups attached to an aromatic ring is 1. The minimum absolute atomic E-state index is 0.230. The second-order valence-electron chi connectivity index (χ2n) is 4.73. The van der Waals surface area contributed by atoms with Gasteiger partial charge in [-0.15, -0.1) is 0 Å². The van der Waals surface area contributed by atoms with E-state index in [0.717, 1.165) is 0 Å². The number of rotatable bonds is 6. The summed E-state index contributed by atoms with van der Waals surface area (Å²) in [4.78, 5) is 4.18. The maximum absolute atomic E-state index is 12.0. The molecule has 0 bridgehead atoms.